The van der Waals surface area contributed by atoms with Crippen LogP contribution in [0.25, 0.3) is 0 Å². The fourth-order valence-corrected chi connectivity index (χ4v) is 3.05. The molecule has 0 aliphatic carbocycles. The third-order valence-electron chi connectivity index (χ3n) is 4.36. The van der Waals surface area contributed by atoms with E-state index in [1.54, 1.807) is 4.90 Å². The number of carbonyl (C=O) groups is 2. The molecule has 2 aromatic carbocycles. The molecule has 0 saturated carbocycles. The first kappa shape index (κ1) is 16.2. The van der Waals surface area contributed by atoms with Gasteiger partial charge in [-0.15, -0.1) is 0 Å². The molecule has 0 aromatic heterocycles. The first-order valence-corrected chi connectivity index (χ1v) is 8.44. The molecule has 1 N–H and O–H groups in total. The van der Waals surface area contributed by atoms with Gasteiger partial charge in [0.05, 0.1) is 6.42 Å². The van der Waals surface area contributed by atoms with Crippen molar-refractivity contribution in [2.45, 2.75) is 32.6 Å². The Hall–Kier alpha value is -2.62. The van der Waals surface area contributed by atoms with Crippen LogP contribution >= 0.6 is 0 Å². The van der Waals surface area contributed by atoms with Gasteiger partial charge in [-0.25, -0.2) is 0 Å². The number of nitrogens with zero attached hydrogens (tertiary/aromatic N) is 1. The zero-order valence-electron chi connectivity index (χ0n) is 13.9. The first-order chi connectivity index (χ1) is 11.7. The second-order valence-electron chi connectivity index (χ2n) is 6.05. The number of hydrogen-bond donors (Lipinski definition) is 1. The lowest BCUT2D eigenvalue weighted by molar-refractivity contribution is -0.117. The maximum Gasteiger partial charge on any atom is 0.228 e. The van der Waals surface area contributed by atoms with Crippen LogP contribution < -0.4 is 10.2 Å². The number of rotatable bonds is 5. The molecule has 0 spiro atoms. The number of aryl methyl sites for hydroxylation is 1. The molecule has 0 bridgehead atoms. The van der Waals surface area contributed by atoms with Crippen LogP contribution in [0.4, 0.5) is 11.4 Å². The van der Waals surface area contributed by atoms with Gasteiger partial charge in [0.15, 0.2) is 0 Å². The molecule has 3 rings (SSSR count). The Morgan fingerprint density at radius 2 is 1.88 bits per heavy atom. The van der Waals surface area contributed by atoms with Crippen LogP contribution in [0.1, 0.15) is 30.9 Å². The van der Waals surface area contributed by atoms with Crippen LogP contribution in [0, 0.1) is 0 Å². The normalized spacial score (nSPS) is 14.0. The summed E-state index contributed by atoms with van der Waals surface area (Å²) in [6.45, 7) is 2.86. The van der Waals surface area contributed by atoms with Gasteiger partial charge in [0.2, 0.25) is 11.8 Å². The van der Waals surface area contributed by atoms with Gasteiger partial charge in [0, 0.05) is 24.3 Å². The summed E-state index contributed by atoms with van der Waals surface area (Å²) in [6, 6.07) is 15.6. The molecule has 2 aromatic rings. The van der Waals surface area contributed by atoms with Crippen molar-refractivity contribution in [2.24, 2.45) is 0 Å². The van der Waals surface area contributed by atoms with E-state index in [9.17, 15) is 9.59 Å². The van der Waals surface area contributed by atoms with Gasteiger partial charge in [-0.1, -0.05) is 37.3 Å². The van der Waals surface area contributed by atoms with E-state index in [0.717, 1.165) is 41.9 Å². The highest BCUT2D eigenvalue weighted by Gasteiger charge is 2.21. The molecule has 2 amide bonds. The molecule has 1 heterocycles. The van der Waals surface area contributed by atoms with Crippen molar-refractivity contribution < 1.29 is 9.59 Å². The number of carbonyl (C=O) groups excluding carboxylic acids is 2. The lowest BCUT2D eigenvalue weighted by Gasteiger charge is -2.16. The quantitative estimate of drug-likeness (QED) is 0.915. The number of anilines is 2. The van der Waals surface area contributed by atoms with Crippen LogP contribution in [0.5, 0.6) is 0 Å². The monoisotopic (exact) mass is 322 g/mol. The average Bonchev–Trinajstić information content (AvgIpc) is 3.02. The Morgan fingerprint density at radius 3 is 2.54 bits per heavy atom. The molecule has 1 aliphatic rings. The summed E-state index contributed by atoms with van der Waals surface area (Å²) in [4.78, 5) is 25.8. The Bertz CT molecular complexity index is 738. The van der Waals surface area contributed by atoms with Gasteiger partial charge in [-0.05, 0) is 42.2 Å². The van der Waals surface area contributed by atoms with E-state index < -0.39 is 0 Å². The Morgan fingerprint density at radius 1 is 1.12 bits per heavy atom. The minimum Gasteiger partial charge on any atom is -0.326 e. The van der Waals surface area contributed by atoms with Crippen molar-refractivity contribution in [3.05, 3.63) is 59.7 Å². The second kappa shape index (κ2) is 7.30. The van der Waals surface area contributed by atoms with Crippen LogP contribution in [0.15, 0.2) is 48.5 Å². The Labute approximate surface area is 142 Å². The fraction of sp³-hybridized carbons (Fsp3) is 0.300. The van der Waals surface area contributed by atoms with Crippen LogP contribution in [0.3, 0.4) is 0 Å². The summed E-state index contributed by atoms with van der Waals surface area (Å²) in [7, 11) is 0. The van der Waals surface area contributed by atoms with Crippen molar-refractivity contribution in [1.29, 1.82) is 0 Å². The number of hydrogen-bond acceptors (Lipinski definition) is 2. The maximum atomic E-state index is 12.3. The molecule has 0 radical (unpaired) electrons. The highest BCUT2D eigenvalue weighted by molar-refractivity contribution is 5.95. The molecule has 0 unspecified atom stereocenters. The minimum absolute atomic E-state index is 0.0269. The van der Waals surface area contributed by atoms with E-state index in [2.05, 4.69) is 12.2 Å². The van der Waals surface area contributed by atoms with E-state index in [4.69, 9.17) is 0 Å². The third kappa shape index (κ3) is 3.65. The number of nitrogens with one attached hydrogen (secondary N) is 1. The number of para-hydroxylation sites is 1. The van der Waals surface area contributed by atoms with E-state index in [1.165, 1.54) is 0 Å². The van der Waals surface area contributed by atoms with Crippen molar-refractivity contribution >= 4 is 23.2 Å². The van der Waals surface area contributed by atoms with Gasteiger partial charge in [-0.2, -0.15) is 0 Å². The summed E-state index contributed by atoms with van der Waals surface area (Å²) in [6.07, 6.45) is 2.75. The van der Waals surface area contributed by atoms with E-state index in [-0.39, 0.29) is 11.8 Å². The van der Waals surface area contributed by atoms with Crippen molar-refractivity contribution in [2.75, 3.05) is 16.8 Å². The summed E-state index contributed by atoms with van der Waals surface area (Å²) < 4.78 is 0. The highest BCUT2D eigenvalue weighted by atomic mass is 16.2. The van der Waals surface area contributed by atoms with E-state index in [0.29, 0.717) is 12.8 Å². The smallest absolute Gasteiger partial charge is 0.228 e. The maximum absolute atomic E-state index is 12.3. The van der Waals surface area contributed by atoms with Crippen LogP contribution in [0.2, 0.25) is 0 Å². The predicted molar refractivity (Wildman–Crippen MR) is 96.2 cm³/mol. The SMILES string of the molecule is CCc1ccccc1NC(=O)Cc1ccc(N2CCCC2=O)cc1. The first-order valence-electron chi connectivity index (χ1n) is 8.44. The lowest BCUT2D eigenvalue weighted by atomic mass is 10.1. The zero-order chi connectivity index (χ0) is 16.9. The lowest BCUT2D eigenvalue weighted by Crippen LogP contribution is -2.23. The summed E-state index contributed by atoms with van der Waals surface area (Å²) in [5.74, 6) is 0.151. The van der Waals surface area contributed by atoms with Crippen molar-refractivity contribution in [1.82, 2.24) is 0 Å². The van der Waals surface area contributed by atoms with Crippen molar-refractivity contribution in [3.8, 4) is 0 Å². The predicted octanol–water partition coefficient (Wildman–Crippen LogP) is 3.56. The van der Waals surface area contributed by atoms with Crippen molar-refractivity contribution in [3.63, 3.8) is 0 Å². The standard InChI is InChI=1S/C20H22N2O2/c1-2-16-6-3-4-7-18(16)21-19(23)14-15-9-11-17(12-10-15)22-13-5-8-20(22)24/h3-4,6-7,9-12H,2,5,8,13-14H2,1H3,(H,21,23). The summed E-state index contributed by atoms with van der Waals surface area (Å²) in [5, 5.41) is 2.98. The minimum atomic E-state index is -0.0269. The third-order valence-corrected chi connectivity index (χ3v) is 4.36. The van der Waals surface area contributed by atoms with Crippen LogP contribution in [-0.4, -0.2) is 18.4 Å². The van der Waals surface area contributed by atoms with Gasteiger partial charge < -0.3 is 10.2 Å². The second-order valence-corrected chi connectivity index (χ2v) is 6.05. The largest absolute Gasteiger partial charge is 0.326 e. The topological polar surface area (TPSA) is 49.4 Å². The van der Waals surface area contributed by atoms with Crippen LogP contribution in [-0.2, 0) is 22.4 Å². The van der Waals surface area contributed by atoms with Gasteiger partial charge in [-0.3, -0.25) is 9.59 Å². The average molecular weight is 322 g/mol. The Balaban J connectivity index is 1.63. The van der Waals surface area contributed by atoms with E-state index >= 15 is 0 Å². The molecule has 4 nitrogen and oxygen atoms in total. The zero-order valence-corrected chi connectivity index (χ0v) is 13.9. The molecular formula is C20H22N2O2. The molecule has 0 atom stereocenters. The number of amides is 2. The molecular weight excluding hydrogens is 300 g/mol. The molecule has 24 heavy (non-hydrogen) atoms. The van der Waals surface area contributed by atoms with Gasteiger partial charge in [0.1, 0.15) is 0 Å². The summed E-state index contributed by atoms with van der Waals surface area (Å²) in [5.41, 5.74) is 3.87. The van der Waals surface area contributed by atoms with E-state index in [1.807, 2.05) is 48.5 Å². The Kier molecular flexibility index (Phi) is 4.94. The van der Waals surface area contributed by atoms with Gasteiger partial charge in [0.25, 0.3) is 0 Å². The molecule has 4 heteroatoms. The highest BCUT2D eigenvalue weighted by Crippen LogP contribution is 2.22. The molecule has 1 saturated heterocycles. The fourth-order valence-electron chi connectivity index (χ4n) is 3.05. The molecule has 124 valence electrons. The number of benzene rings is 2. The molecule has 1 fully saturated rings. The summed E-state index contributed by atoms with van der Waals surface area (Å²) >= 11 is 0. The molecule has 1 aliphatic heterocycles. The van der Waals surface area contributed by atoms with Gasteiger partial charge >= 0.3 is 0 Å².